The number of aromatic amines is 1. The minimum absolute atomic E-state index is 0.175. The van der Waals surface area contributed by atoms with Crippen LogP contribution in [0.2, 0.25) is 0 Å². The summed E-state index contributed by atoms with van der Waals surface area (Å²) in [6, 6.07) is 2.64. The van der Waals surface area contributed by atoms with Crippen LogP contribution in [0.1, 0.15) is 34.7 Å². The average Bonchev–Trinajstić information content (AvgIpc) is 2.91. The van der Waals surface area contributed by atoms with Gasteiger partial charge in [0.15, 0.2) is 5.82 Å². The molecule has 6 nitrogen and oxygen atoms in total. The van der Waals surface area contributed by atoms with Gasteiger partial charge in [0.2, 0.25) is 0 Å². The molecule has 1 amide bonds. The van der Waals surface area contributed by atoms with E-state index in [1.807, 2.05) is 0 Å². The lowest BCUT2D eigenvalue weighted by atomic mass is 10.1. The van der Waals surface area contributed by atoms with E-state index in [1.54, 1.807) is 0 Å². The Labute approximate surface area is 125 Å². The maximum absolute atomic E-state index is 13.0. The van der Waals surface area contributed by atoms with Crippen LogP contribution in [0.5, 0.6) is 0 Å². The first-order chi connectivity index (χ1) is 9.79. The van der Waals surface area contributed by atoms with Crippen molar-refractivity contribution in [3.63, 3.8) is 0 Å². The zero-order chi connectivity index (χ0) is 15.6. The molecule has 1 unspecified atom stereocenters. The first kappa shape index (κ1) is 15.4. The highest BCUT2D eigenvalue weighted by molar-refractivity contribution is 9.10. The van der Waals surface area contributed by atoms with E-state index in [1.165, 1.54) is 13.0 Å². The molecule has 112 valence electrons. The van der Waals surface area contributed by atoms with Crippen LogP contribution in [0.15, 0.2) is 22.7 Å². The molecule has 0 aliphatic carbocycles. The molecule has 1 aromatic carbocycles. The molecule has 0 saturated carbocycles. The van der Waals surface area contributed by atoms with Gasteiger partial charge in [0.05, 0.1) is 17.2 Å². The van der Waals surface area contributed by atoms with E-state index in [9.17, 15) is 18.0 Å². The lowest BCUT2D eigenvalue weighted by molar-refractivity contribution is -0.138. The quantitative estimate of drug-likeness (QED) is 0.877. The standard InChI is InChI=1S/C11H9BrF3N5O/c1-5(9-17-19-20-18-9)16-10(21)7-3-2-6(12)4-8(7)11(13,14)15/h2-5H,1H3,(H,16,21)(H,17,18,19,20). The number of carbonyl (C=O) groups is 1. The zero-order valence-corrected chi connectivity index (χ0v) is 12.2. The van der Waals surface area contributed by atoms with Gasteiger partial charge >= 0.3 is 6.18 Å². The highest BCUT2D eigenvalue weighted by atomic mass is 79.9. The van der Waals surface area contributed by atoms with Gasteiger partial charge in [0, 0.05) is 4.47 Å². The van der Waals surface area contributed by atoms with Crippen LogP contribution in [0.3, 0.4) is 0 Å². The van der Waals surface area contributed by atoms with E-state index in [-0.39, 0.29) is 10.3 Å². The van der Waals surface area contributed by atoms with Crippen molar-refractivity contribution in [1.82, 2.24) is 25.9 Å². The van der Waals surface area contributed by atoms with Crippen LogP contribution >= 0.6 is 15.9 Å². The Bertz CT molecular complexity index is 644. The number of nitrogens with zero attached hydrogens (tertiary/aromatic N) is 3. The topological polar surface area (TPSA) is 83.6 Å². The summed E-state index contributed by atoms with van der Waals surface area (Å²) in [4.78, 5) is 12.0. The molecule has 0 spiro atoms. The number of rotatable bonds is 3. The fourth-order valence-electron chi connectivity index (χ4n) is 1.64. The number of amides is 1. The summed E-state index contributed by atoms with van der Waals surface area (Å²) in [7, 11) is 0. The van der Waals surface area contributed by atoms with Gasteiger partial charge in [0.1, 0.15) is 0 Å². The van der Waals surface area contributed by atoms with Crippen molar-refractivity contribution in [1.29, 1.82) is 0 Å². The van der Waals surface area contributed by atoms with E-state index in [0.29, 0.717) is 0 Å². The number of hydrogen-bond acceptors (Lipinski definition) is 4. The number of nitrogens with one attached hydrogen (secondary N) is 2. The van der Waals surface area contributed by atoms with Gasteiger partial charge in [-0.15, -0.1) is 10.2 Å². The molecule has 10 heteroatoms. The van der Waals surface area contributed by atoms with Crippen molar-refractivity contribution in [3.05, 3.63) is 39.6 Å². The van der Waals surface area contributed by atoms with Gasteiger partial charge in [0.25, 0.3) is 5.91 Å². The number of alkyl halides is 3. The Morgan fingerprint density at radius 3 is 2.71 bits per heavy atom. The molecule has 2 N–H and O–H groups in total. The van der Waals surface area contributed by atoms with Gasteiger partial charge in [-0.25, -0.2) is 0 Å². The summed E-state index contributed by atoms with van der Waals surface area (Å²) in [6.07, 6.45) is -4.63. The van der Waals surface area contributed by atoms with Gasteiger partial charge in [-0.2, -0.15) is 18.4 Å². The second-order valence-electron chi connectivity index (χ2n) is 4.15. The van der Waals surface area contributed by atoms with E-state index in [4.69, 9.17) is 0 Å². The predicted molar refractivity (Wildman–Crippen MR) is 69.2 cm³/mol. The number of benzene rings is 1. The molecule has 0 bridgehead atoms. The smallest absolute Gasteiger partial charge is 0.342 e. The van der Waals surface area contributed by atoms with Crippen LogP contribution in [0.4, 0.5) is 13.2 Å². The van der Waals surface area contributed by atoms with Crippen molar-refractivity contribution in [2.24, 2.45) is 0 Å². The number of halogens is 4. The van der Waals surface area contributed by atoms with Gasteiger partial charge in [-0.1, -0.05) is 21.1 Å². The average molecular weight is 364 g/mol. The molecular formula is C11H9BrF3N5O. The Morgan fingerprint density at radius 2 is 2.14 bits per heavy atom. The van der Waals surface area contributed by atoms with Crippen molar-refractivity contribution in [2.75, 3.05) is 0 Å². The molecule has 21 heavy (non-hydrogen) atoms. The van der Waals surface area contributed by atoms with Gasteiger partial charge in [-0.05, 0) is 25.1 Å². The maximum Gasteiger partial charge on any atom is 0.417 e. The number of tetrazole rings is 1. The minimum atomic E-state index is -4.63. The van der Waals surface area contributed by atoms with Crippen molar-refractivity contribution < 1.29 is 18.0 Å². The van der Waals surface area contributed by atoms with Crippen LogP contribution in [-0.2, 0) is 6.18 Å². The Kier molecular flexibility index (Phi) is 4.26. The summed E-state index contributed by atoms with van der Waals surface area (Å²) in [6.45, 7) is 1.54. The molecule has 0 radical (unpaired) electrons. The molecule has 1 aromatic heterocycles. The summed E-state index contributed by atoms with van der Waals surface area (Å²) in [5.41, 5.74) is -1.49. The molecule has 2 rings (SSSR count). The molecule has 0 aliphatic heterocycles. The Balaban J connectivity index is 2.27. The SMILES string of the molecule is CC(NC(=O)c1ccc(Br)cc1C(F)(F)F)c1nn[nH]n1. The van der Waals surface area contributed by atoms with Gasteiger partial charge in [-0.3, -0.25) is 4.79 Å². The summed E-state index contributed by atoms with van der Waals surface area (Å²) in [5.74, 6) is -0.693. The lowest BCUT2D eigenvalue weighted by Crippen LogP contribution is -2.29. The first-order valence-electron chi connectivity index (χ1n) is 5.70. The highest BCUT2D eigenvalue weighted by Crippen LogP contribution is 2.34. The largest absolute Gasteiger partial charge is 0.417 e. The number of aromatic nitrogens is 4. The molecule has 0 aliphatic rings. The van der Waals surface area contributed by atoms with Crippen LogP contribution in [0.25, 0.3) is 0 Å². The van der Waals surface area contributed by atoms with Crippen molar-refractivity contribution >= 4 is 21.8 Å². The molecule has 0 saturated heterocycles. The third-order valence-electron chi connectivity index (χ3n) is 2.63. The van der Waals surface area contributed by atoms with Crippen LogP contribution < -0.4 is 5.32 Å². The second kappa shape index (κ2) is 5.80. The Morgan fingerprint density at radius 1 is 1.43 bits per heavy atom. The predicted octanol–water partition coefficient (Wildman–Crippen LogP) is 2.47. The molecule has 2 aromatic rings. The maximum atomic E-state index is 13.0. The van der Waals surface area contributed by atoms with Crippen molar-refractivity contribution in [2.45, 2.75) is 19.1 Å². The highest BCUT2D eigenvalue weighted by Gasteiger charge is 2.35. The molecule has 1 heterocycles. The zero-order valence-electron chi connectivity index (χ0n) is 10.6. The summed E-state index contributed by atoms with van der Waals surface area (Å²) < 4.78 is 39.1. The summed E-state index contributed by atoms with van der Waals surface area (Å²) in [5, 5.41) is 15.2. The van der Waals surface area contributed by atoms with E-state index >= 15 is 0 Å². The minimum Gasteiger partial charge on any atom is -0.342 e. The number of H-pyrrole nitrogens is 1. The Hall–Kier alpha value is -1.97. The third kappa shape index (κ3) is 3.57. The molecule has 1 atom stereocenters. The van der Waals surface area contributed by atoms with Crippen LogP contribution in [0, 0.1) is 0 Å². The first-order valence-corrected chi connectivity index (χ1v) is 6.49. The van der Waals surface area contributed by atoms with Crippen LogP contribution in [-0.4, -0.2) is 26.5 Å². The summed E-state index contributed by atoms with van der Waals surface area (Å²) >= 11 is 2.96. The third-order valence-corrected chi connectivity index (χ3v) is 3.12. The monoisotopic (exact) mass is 363 g/mol. The fraction of sp³-hybridized carbons (Fsp3) is 0.273. The van der Waals surface area contributed by atoms with E-state index in [2.05, 4.69) is 41.9 Å². The second-order valence-corrected chi connectivity index (χ2v) is 5.07. The number of carbonyl (C=O) groups excluding carboxylic acids is 1. The fourth-order valence-corrected chi connectivity index (χ4v) is 2.00. The van der Waals surface area contributed by atoms with Gasteiger partial charge < -0.3 is 5.32 Å². The van der Waals surface area contributed by atoms with E-state index in [0.717, 1.165) is 12.1 Å². The lowest BCUT2D eigenvalue weighted by Gasteiger charge is -2.15. The molecular weight excluding hydrogens is 355 g/mol. The van der Waals surface area contributed by atoms with E-state index < -0.39 is 29.3 Å². The number of hydrogen-bond donors (Lipinski definition) is 2. The molecule has 0 fully saturated rings. The normalized spacial score (nSPS) is 13.0. The van der Waals surface area contributed by atoms with Crippen molar-refractivity contribution in [3.8, 4) is 0 Å².